The first-order valence-corrected chi connectivity index (χ1v) is 6.68. The Balaban J connectivity index is 1.90. The van der Waals surface area contributed by atoms with E-state index in [1.807, 2.05) is 6.20 Å². The highest BCUT2D eigenvalue weighted by atomic mass is 16.3. The molecular weight excluding hydrogens is 214 g/mol. The zero-order chi connectivity index (χ0) is 11.8. The number of rotatable bonds is 1. The lowest BCUT2D eigenvalue weighted by molar-refractivity contribution is 0.0725. The molecule has 4 nitrogen and oxygen atoms in total. The molecule has 2 atom stereocenters. The van der Waals surface area contributed by atoms with Gasteiger partial charge in [0.15, 0.2) is 0 Å². The number of aliphatic hydroxyl groups is 1. The van der Waals surface area contributed by atoms with Crippen LogP contribution < -0.4 is 0 Å². The summed E-state index contributed by atoms with van der Waals surface area (Å²) in [7, 11) is 2.17. The minimum atomic E-state index is -0.344. The van der Waals surface area contributed by atoms with E-state index in [1.165, 1.54) is 25.1 Å². The smallest absolute Gasteiger partial charge is 0.132 e. The van der Waals surface area contributed by atoms with Crippen LogP contribution in [-0.4, -0.2) is 39.7 Å². The molecule has 0 amide bonds. The lowest BCUT2D eigenvalue weighted by atomic mass is 9.97. The molecule has 0 aromatic carbocycles. The van der Waals surface area contributed by atoms with Gasteiger partial charge in [-0.25, -0.2) is 4.98 Å². The Morgan fingerprint density at radius 1 is 1.35 bits per heavy atom. The molecule has 0 bridgehead atoms. The summed E-state index contributed by atoms with van der Waals surface area (Å²) >= 11 is 0. The molecule has 3 heterocycles. The Morgan fingerprint density at radius 2 is 2.24 bits per heavy atom. The number of aryl methyl sites for hydroxylation is 1. The van der Waals surface area contributed by atoms with Crippen molar-refractivity contribution < 1.29 is 5.11 Å². The summed E-state index contributed by atoms with van der Waals surface area (Å²) in [6.45, 7) is 2.26. The SMILES string of the molecule is CN1CCCC(c2ncc3n2C(O)CCC3)C1. The van der Waals surface area contributed by atoms with Gasteiger partial charge in [-0.15, -0.1) is 0 Å². The van der Waals surface area contributed by atoms with Crippen LogP contribution in [-0.2, 0) is 6.42 Å². The van der Waals surface area contributed by atoms with Crippen molar-refractivity contribution in [2.45, 2.75) is 44.2 Å². The van der Waals surface area contributed by atoms with Crippen LogP contribution in [0.15, 0.2) is 6.20 Å². The molecule has 0 spiro atoms. The van der Waals surface area contributed by atoms with Gasteiger partial charge in [0.2, 0.25) is 0 Å². The zero-order valence-corrected chi connectivity index (χ0v) is 10.5. The Labute approximate surface area is 102 Å². The number of imidazole rings is 1. The first-order chi connectivity index (χ1) is 8.25. The van der Waals surface area contributed by atoms with Gasteiger partial charge in [0.25, 0.3) is 0 Å². The van der Waals surface area contributed by atoms with Crippen molar-refractivity contribution in [1.29, 1.82) is 0 Å². The number of likely N-dealkylation sites (N-methyl/N-ethyl adjacent to an activating group) is 1. The van der Waals surface area contributed by atoms with Gasteiger partial charge in [-0.3, -0.25) is 0 Å². The Bertz CT molecular complexity index is 401. The van der Waals surface area contributed by atoms with E-state index in [2.05, 4.69) is 21.5 Å². The van der Waals surface area contributed by atoms with E-state index < -0.39 is 0 Å². The normalized spacial score (nSPS) is 30.2. The van der Waals surface area contributed by atoms with E-state index in [1.54, 1.807) is 0 Å². The molecule has 1 aromatic heterocycles. The average Bonchev–Trinajstić information content (AvgIpc) is 2.74. The van der Waals surface area contributed by atoms with Crippen LogP contribution >= 0.6 is 0 Å². The summed E-state index contributed by atoms with van der Waals surface area (Å²) in [5.41, 5.74) is 1.21. The summed E-state index contributed by atoms with van der Waals surface area (Å²) in [4.78, 5) is 6.95. The lowest BCUT2D eigenvalue weighted by Crippen LogP contribution is -2.33. The van der Waals surface area contributed by atoms with E-state index in [-0.39, 0.29) is 6.23 Å². The van der Waals surface area contributed by atoms with Gasteiger partial charge in [0, 0.05) is 24.4 Å². The predicted octanol–water partition coefficient (Wildman–Crippen LogP) is 1.52. The summed E-state index contributed by atoms with van der Waals surface area (Å²) in [6, 6.07) is 0. The average molecular weight is 235 g/mol. The number of aromatic nitrogens is 2. The lowest BCUT2D eigenvalue weighted by Gasteiger charge is -2.31. The van der Waals surface area contributed by atoms with E-state index in [0.717, 1.165) is 31.6 Å². The minimum absolute atomic E-state index is 0.344. The van der Waals surface area contributed by atoms with Crippen LogP contribution in [0.4, 0.5) is 0 Å². The van der Waals surface area contributed by atoms with Crippen LogP contribution in [0.5, 0.6) is 0 Å². The number of likely N-dealkylation sites (tertiary alicyclic amines) is 1. The predicted molar refractivity (Wildman–Crippen MR) is 65.9 cm³/mol. The number of hydrogen-bond donors (Lipinski definition) is 1. The fourth-order valence-electron chi connectivity index (χ4n) is 3.22. The molecule has 1 N–H and O–H groups in total. The van der Waals surface area contributed by atoms with Gasteiger partial charge in [-0.1, -0.05) is 0 Å². The van der Waals surface area contributed by atoms with Crippen molar-refractivity contribution in [1.82, 2.24) is 14.5 Å². The van der Waals surface area contributed by atoms with Crippen molar-refractivity contribution in [3.63, 3.8) is 0 Å². The maximum Gasteiger partial charge on any atom is 0.132 e. The molecule has 2 aliphatic heterocycles. The van der Waals surface area contributed by atoms with Crippen LogP contribution in [0.3, 0.4) is 0 Å². The van der Waals surface area contributed by atoms with Gasteiger partial charge in [-0.05, 0) is 45.7 Å². The van der Waals surface area contributed by atoms with E-state index in [9.17, 15) is 5.11 Å². The first kappa shape index (κ1) is 11.2. The quantitative estimate of drug-likeness (QED) is 0.802. The van der Waals surface area contributed by atoms with Crippen LogP contribution in [0.2, 0.25) is 0 Å². The third kappa shape index (κ3) is 2.00. The number of piperidine rings is 1. The minimum Gasteiger partial charge on any atom is -0.373 e. The summed E-state index contributed by atoms with van der Waals surface area (Å²) in [5.74, 6) is 1.61. The highest BCUT2D eigenvalue weighted by Gasteiger charge is 2.28. The molecule has 1 saturated heterocycles. The second kappa shape index (κ2) is 4.42. The van der Waals surface area contributed by atoms with Gasteiger partial charge in [-0.2, -0.15) is 0 Å². The van der Waals surface area contributed by atoms with Gasteiger partial charge in [0.1, 0.15) is 12.1 Å². The molecule has 1 aromatic rings. The summed E-state index contributed by atoms with van der Waals surface area (Å²) in [5, 5.41) is 10.1. The molecule has 17 heavy (non-hydrogen) atoms. The van der Waals surface area contributed by atoms with Crippen LogP contribution in [0.25, 0.3) is 0 Å². The van der Waals surface area contributed by atoms with E-state index in [0.29, 0.717) is 5.92 Å². The van der Waals surface area contributed by atoms with Crippen molar-refractivity contribution in [3.05, 3.63) is 17.7 Å². The van der Waals surface area contributed by atoms with Gasteiger partial charge in [0.05, 0.1) is 0 Å². The molecule has 94 valence electrons. The molecule has 0 saturated carbocycles. The topological polar surface area (TPSA) is 41.3 Å². The number of fused-ring (bicyclic) bond motifs is 1. The van der Waals surface area contributed by atoms with Crippen LogP contribution in [0, 0.1) is 0 Å². The van der Waals surface area contributed by atoms with Gasteiger partial charge < -0.3 is 14.6 Å². The summed E-state index contributed by atoms with van der Waals surface area (Å²) in [6.07, 6.45) is 7.07. The number of hydrogen-bond acceptors (Lipinski definition) is 3. The second-order valence-corrected chi connectivity index (χ2v) is 5.45. The van der Waals surface area contributed by atoms with Crippen molar-refractivity contribution in [2.24, 2.45) is 0 Å². The Hall–Kier alpha value is -0.870. The van der Waals surface area contributed by atoms with E-state index >= 15 is 0 Å². The standard InChI is InChI=1S/C13H21N3O/c1-15-7-3-4-10(9-15)13-14-8-11-5-2-6-12(17)16(11)13/h8,10,12,17H,2-7,9H2,1H3. The maximum absolute atomic E-state index is 10.1. The molecule has 1 fully saturated rings. The molecule has 2 unspecified atom stereocenters. The molecule has 4 heteroatoms. The van der Waals surface area contributed by atoms with Gasteiger partial charge >= 0.3 is 0 Å². The molecule has 0 aliphatic carbocycles. The molecule has 0 radical (unpaired) electrons. The van der Waals surface area contributed by atoms with Crippen molar-refractivity contribution in [3.8, 4) is 0 Å². The number of nitrogens with zero attached hydrogens (tertiary/aromatic N) is 3. The molecular formula is C13H21N3O. The summed E-state index contributed by atoms with van der Waals surface area (Å²) < 4.78 is 2.09. The first-order valence-electron chi connectivity index (χ1n) is 6.68. The molecule has 3 rings (SSSR count). The zero-order valence-electron chi connectivity index (χ0n) is 10.5. The number of aliphatic hydroxyl groups excluding tert-OH is 1. The second-order valence-electron chi connectivity index (χ2n) is 5.45. The fraction of sp³-hybridized carbons (Fsp3) is 0.769. The van der Waals surface area contributed by atoms with Crippen LogP contribution in [0.1, 0.15) is 49.3 Å². The largest absolute Gasteiger partial charge is 0.373 e. The third-order valence-electron chi connectivity index (χ3n) is 4.09. The Morgan fingerprint density at radius 3 is 3.06 bits per heavy atom. The highest BCUT2D eigenvalue weighted by Crippen LogP contribution is 2.31. The Kier molecular flexibility index (Phi) is 2.92. The van der Waals surface area contributed by atoms with Crippen molar-refractivity contribution in [2.75, 3.05) is 20.1 Å². The third-order valence-corrected chi connectivity index (χ3v) is 4.09. The highest BCUT2D eigenvalue weighted by molar-refractivity contribution is 5.13. The fourth-order valence-corrected chi connectivity index (χ4v) is 3.22. The maximum atomic E-state index is 10.1. The molecule has 2 aliphatic rings. The van der Waals surface area contributed by atoms with Crippen molar-refractivity contribution >= 4 is 0 Å². The van der Waals surface area contributed by atoms with E-state index in [4.69, 9.17) is 0 Å². The monoisotopic (exact) mass is 235 g/mol.